The Labute approximate surface area is 144 Å². The van der Waals surface area contributed by atoms with Crippen LogP contribution in [-0.2, 0) is 14.3 Å². The topological polar surface area (TPSA) is 55.8 Å². The zero-order valence-corrected chi connectivity index (χ0v) is 15.2. The number of ether oxygens (including phenoxy) is 2. The summed E-state index contributed by atoms with van der Waals surface area (Å²) >= 11 is 0. The van der Waals surface area contributed by atoms with E-state index in [1.165, 1.54) is 5.57 Å². The molecule has 0 spiro atoms. The average Bonchev–Trinajstić information content (AvgIpc) is 2.86. The SMILES string of the molecule is C/C1=C/CC[C@@]2(C)OC(=O)[C@@H](C)[C@H]3CC[C@](C)(O)[C@H]4[C@@H]3[C@@H]2O[C@H]4C1. The Morgan fingerprint density at radius 1 is 1.29 bits per heavy atom. The van der Waals surface area contributed by atoms with Crippen molar-refractivity contribution in [3.8, 4) is 0 Å². The quantitative estimate of drug-likeness (QED) is 0.546. The molecule has 3 aliphatic heterocycles. The number of hydrogen-bond acceptors (Lipinski definition) is 4. The number of fused-ring (bicyclic) bond motifs is 2. The summed E-state index contributed by atoms with van der Waals surface area (Å²) in [5, 5.41) is 11.2. The fourth-order valence-corrected chi connectivity index (χ4v) is 5.99. The lowest BCUT2D eigenvalue weighted by Crippen LogP contribution is -2.52. The molecule has 0 aromatic carbocycles. The maximum atomic E-state index is 12.7. The number of hydrogen-bond donors (Lipinski definition) is 1. The van der Waals surface area contributed by atoms with Crippen molar-refractivity contribution >= 4 is 5.97 Å². The molecule has 4 aliphatic rings. The van der Waals surface area contributed by atoms with Crippen molar-refractivity contribution in [2.24, 2.45) is 23.7 Å². The van der Waals surface area contributed by atoms with Crippen molar-refractivity contribution < 1.29 is 19.4 Å². The molecule has 3 fully saturated rings. The van der Waals surface area contributed by atoms with Gasteiger partial charge in [-0.25, -0.2) is 0 Å². The van der Waals surface area contributed by atoms with E-state index in [0.29, 0.717) is 0 Å². The third-order valence-corrected chi connectivity index (χ3v) is 7.29. The second-order valence-corrected chi connectivity index (χ2v) is 9.07. The smallest absolute Gasteiger partial charge is 0.309 e. The molecule has 0 amide bonds. The second-order valence-electron chi connectivity index (χ2n) is 9.07. The van der Waals surface area contributed by atoms with Gasteiger partial charge in [-0.15, -0.1) is 0 Å². The van der Waals surface area contributed by atoms with Crippen LogP contribution in [0.3, 0.4) is 0 Å². The van der Waals surface area contributed by atoms with E-state index in [9.17, 15) is 9.90 Å². The lowest BCUT2D eigenvalue weighted by molar-refractivity contribution is -0.177. The van der Waals surface area contributed by atoms with Crippen molar-refractivity contribution in [3.05, 3.63) is 11.6 Å². The Balaban J connectivity index is 1.86. The van der Waals surface area contributed by atoms with Crippen LogP contribution in [-0.4, -0.2) is 34.5 Å². The number of aliphatic hydroxyl groups is 1. The van der Waals surface area contributed by atoms with Gasteiger partial charge in [-0.05, 0) is 58.8 Å². The normalized spacial score (nSPS) is 56.2. The minimum atomic E-state index is -0.728. The van der Waals surface area contributed by atoms with E-state index in [1.807, 2.05) is 20.8 Å². The van der Waals surface area contributed by atoms with E-state index in [-0.39, 0.29) is 41.8 Å². The van der Waals surface area contributed by atoms with Gasteiger partial charge in [-0.1, -0.05) is 18.6 Å². The Morgan fingerprint density at radius 3 is 2.79 bits per heavy atom. The number of carbonyl (C=O) groups excluding carboxylic acids is 1. The molecule has 4 nitrogen and oxygen atoms in total. The molecule has 134 valence electrons. The van der Waals surface area contributed by atoms with E-state index >= 15 is 0 Å². The zero-order chi connectivity index (χ0) is 17.3. The van der Waals surface area contributed by atoms with Gasteiger partial charge in [0.15, 0.2) is 0 Å². The van der Waals surface area contributed by atoms with Gasteiger partial charge in [-0.3, -0.25) is 4.79 Å². The van der Waals surface area contributed by atoms with Crippen LogP contribution in [0.4, 0.5) is 0 Å². The fourth-order valence-electron chi connectivity index (χ4n) is 5.99. The number of carbonyl (C=O) groups is 1. The van der Waals surface area contributed by atoms with Gasteiger partial charge in [0.25, 0.3) is 0 Å². The van der Waals surface area contributed by atoms with E-state index in [1.54, 1.807) is 0 Å². The summed E-state index contributed by atoms with van der Waals surface area (Å²) in [4.78, 5) is 12.7. The predicted octanol–water partition coefficient (Wildman–Crippen LogP) is 3.23. The van der Waals surface area contributed by atoms with Gasteiger partial charge in [0, 0.05) is 11.8 Å². The van der Waals surface area contributed by atoms with Gasteiger partial charge >= 0.3 is 5.97 Å². The van der Waals surface area contributed by atoms with Crippen molar-refractivity contribution in [2.75, 3.05) is 0 Å². The first-order valence-corrected chi connectivity index (χ1v) is 9.49. The molecule has 2 saturated heterocycles. The lowest BCUT2D eigenvalue weighted by atomic mass is 9.58. The Bertz CT molecular complexity index is 580. The predicted molar refractivity (Wildman–Crippen MR) is 90.3 cm³/mol. The Hall–Kier alpha value is -0.870. The van der Waals surface area contributed by atoms with Crippen LogP contribution in [0.15, 0.2) is 11.6 Å². The van der Waals surface area contributed by atoms with Crippen molar-refractivity contribution in [3.63, 3.8) is 0 Å². The van der Waals surface area contributed by atoms with E-state index in [4.69, 9.17) is 9.47 Å². The van der Waals surface area contributed by atoms with Gasteiger partial charge < -0.3 is 14.6 Å². The van der Waals surface area contributed by atoms with Crippen LogP contribution in [0.1, 0.15) is 59.8 Å². The summed E-state index contributed by atoms with van der Waals surface area (Å²) in [6.07, 6.45) is 6.37. The van der Waals surface area contributed by atoms with Crippen molar-refractivity contribution in [2.45, 2.75) is 83.2 Å². The molecule has 2 bridgehead atoms. The van der Waals surface area contributed by atoms with Crippen LogP contribution in [0.25, 0.3) is 0 Å². The zero-order valence-electron chi connectivity index (χ0n) is 15.2. The second kappa shape index (κ2) is 5.31. The minimum absolute atomic E-state index is 0.0236. The highest BCUT2D eigenvalue weighted by atomic mass is 16.6. The third-order valence-electron chi connectivity index (χ3n) is 7.29. The van der Waals surface area contributed by atoms with Gasteiger partial charge in [0.1, 0.15) is 11.7 Å². The summed E-state index contributed by atoms with van der Waals surface area (Å²) in [6.45, 7) is 8.16. The minimum Gasteiger partial charge on any atom is -0.456 e. The molecule has 24 heavy (non-hydrogen) atoms. The standard InChI is InChI=1S/C20H30O4/c1-11-6-5-8-20(4)17-15-13(12(2)18(21)24-20)7-9-19(3,22)16(15)14(10-11)23-17/h6,12-17,22H,5,7-10H2,1-4H3/b11-6-/t12-,13+,14-,15+,16+,17-,19-,20+/m0/s1. The molecule has 0 unspecified atom stereocenters. The van der Waals surface area contributed by atoms with Gasteiger partial charge in [0.2, 0.25) is 0 Å². The molecule has 4 heteroatoms. The highest BCUT2D eigenvalue weighted by Crippen LogP contribution is 2.58. The van der Waals surface area contributed by atoms with E-state index in [0.717, 1.165) is 32.1 Å². The molecule has 0 radical (unpaired) electrons. The Morgan fingerprint density at radius 2 is 2.04 bits per heavy atom. The summed E-state index contributed by atoms with van der Waals surface area (Å²) in [6, 6.07) is 0. The lowest BCUT2D eigenvalue weighted by Gasteiger charge is -2.46. The first-order chi connectivity index (χ1) is 11.2. The molecule has 1 saturated carbocycles. The summed E-state index contributed by atoms with van der Waals surface area (Å²) in [5.74, 6) is 0.339. The van der Waals surface area contributed by atoms with Crippen LogP contribution >= 0.6 is 0 Å². The highest BCUT2D eigenvalue weighted by molar-refractivity contribution is 5.73. The molecule has 8 atom stereocenters. The first kappa shape index (κ1) is 16.6. The summed E-state index contributed by atoms with van der Waals surface area (Å²) in [7, 11) is 0. The largest absolute Gasteiger partial charge is 0.456 e. The molecule has 0 aromatic rings. The van der Waals surface area contributed by atoms with Gasteiger partial charge in [0.05, 0.1) is 17.6 Å². The van der Waals surface area contributed by atoms with E-state index < -0.39 is 11.2 Å². The molecule has 0 aromatic heterocycles. The van der Waals surface area contributed by atoms with Crippen molar-refractivity contribution in [1.82, 2.24) is 0 Å². The van der Waals surface area contributed by atoms with Crippen LogP contribution < -0.4 is 0 Å². The first-order valence-electron chi connectivity index (χ1n) is 9.49. The summed E-state index contributed by atoms with van der Waals surface area (Å²) in [5.41, 5.74) is 0.000556. The van der Waals surface area contributed by atoms with Crippen LogP contribution in [0.5, 0.6) is 0 Å². The molecule has 1 N–H and O–H groups in total. The summed E-state index contributed by atoms with van der Waals surface area (Å²) < 4.78 is 12.6. The van der Waals surface area contributed by atoms with Crippen LogP contribution in [0, 0.1) is 23.7 Å². The molecular formula is C20H30O4. The van der Waals surface area contributed by atoms with Crippen LogP contribution in [0.2, 0.25) is 0 Å². The average molecular weight is 334 g/mol. The Kier molecular flexibility index (Phi) is 3.67. The monoisotopic (exact) mass is 334 g/mol. The fraction of sp³-hybridized carbons (Fsp3) is 0.850. The van der Waals surface area contributed by atoms with E-state index in [2.05, 4.69) is 13.0 Å². The maximum Gasteiger partial charge on any atom is 0.309 e. The number of esters is 1. The number of rotatable bonds is 0. The van der Waals surface area contributed by atoms with Crippen molar-refractivity contribution in [1.29, 1.82) is 0 Å². The molecule has 4 rings (SSSR count). The molecule has 1 aliphatic carbocycles. The highest BCUT2D eigenvalue weighted by Gasteiger charge is 2.64. The molecule has 3 heterocycles. The number of allylic oxidation sites excluding steroid dienone is 1. The maximum absolute atomic E-state index is 12.7. The third kappa shape index (κ3) is 2.29. The van der Waals surface area contributed by atoms with Gasteiger partial charge in [-0.2, -0.15) is 0 Å². The molecular weight excluding hydrogens is 304 g/mol.